The number of benzene rings is 1. The molecule has 0 aliphatic carbocycles. The van der Waals surface area contributed by atoms with E-state index in [-0.39, 0.29) is 5.91 Å². The summed E-state index contributed by atoms with van der Waals surface area (Å²) < 4.78 is 1.08. The van der Waals surface area contributed by atoms with Gasteiger partial charge in [-0.15, -0.1) is 22.9 Å². The summed E-state index contributed by atoms with van der Waals surface area (Å²) in [5.74, 6) is 0.221. The number of hydrogen-bond donors (Lipinski definition) is 1. The molecule has 0 saturated carbocycles. The van der Waals surface area contributed by atoms with Gasteiger partial charge in [0.2, 0.25) is 5.91 Å². The maximum absolute atomic E-state index is 12.0. The molecule has 18 heavy (non-hydrogen) atoms. The smallest absolute Gasteiger partial charge is 0.231 e. The van der Waals surface area contributed by atoms with Crippen LogP contribution in [0, 0.1) is 12.3 Å². The highest BCUT2D eigenvalue weighted by atomic mass is 35.5. The van der Waals surface area contributed by atoms with E-state index in [9.17, 15) is 4.79 Å². The van der Waals surface area contributed by atoms with Crippen LogP contribution in [-0.4, -0.2) is 16.8 Å². The van der Waals surface area contributed by atoms with E-state index < -0.39 is 5.41 Å². The van der Waals surface area contributed by atoms with Crippen molar-refractivity contribution in [3.05, 3.63) is 23.2 Å². The summed E-state index contributed by atoms with van der Waals surface area (Å²) in [5.41, 5.74) is 1.18. The summed E-state index contributed by atoms with van der Waals surface area (Å²) in [5, 5.41) is 3.91. The first kappa shape index (κ1) is 13.3. The molecule has 5 heteroatoms. The Morgan fingerprint density at radius 1 is 1.50 bits per heavy atom. The van der Waals surface area contributed by atoms with Crippen LogP contribution in [-0.2, 0) is 4.79 Å². The highest BCUT2D eigenvalue weighted by Gasteiger charge is 2.26. The fourth-order valence-electron chi connectivity index (χ4n) is 1.48. The van der Waals surface area contributed by atoms with E-state index in [2.05, 4.69) is 10.3 Å². The minimum Gasteiger partial charge on any atom is -0.326 e. The standard InChI is InChI=1S/C13H15ClN2OS/c1-8-15-10-5-4-9(6-11(10)18-8)16-12(17)13(2,3)7-14/h4-6H,7H2,1-3H3,(H,16,17). The molecule has 0 aliphatic heterocycles. The lowest BCUT2D eigenvalue weighted by molar-refractivity contribution is -0.122. The molecule has 1 aromatic carbocycles. The molecule has 0 fully saturated rings. The highest BCUT2D eigenvalue weighted by Crippen LogP contribution is 2.26. The number of anilines is 1. The lowest BCUT2D eigenvalue weighted by atomic mass is 9.95. The number of fused-ring (bicyclic) bond motifs is 1. The first-order valence-electron chi connectivity index (χ1n) is 5.67. The second kappa shape index (κ2) is 4.86. The molecule has 0 unspecified atom stereocenters. The van der Waals surface area contributed by atoms with Crippen LogP contribution in [0.5, 0.6) is 0 Å². The van der Waals surface area contributed by atoms with Crippen molar-refractivity contribution >= 4 is 44.7 Å². The molecule has 1 N–H and O–H groups in total. The summed E-state index contributed by atoms with van der Waals surface area (Å²) in [7, 11) is 0. The fourth-order valence-corrected chi connectivity index (χ4v) is 2.47. The van der Waals surface area contributed by atoms with E-state index in [1.165, 1.54) is 0 Å². The predicted molar refractivity (Wildman–Crippen MR) is 77.5 cm³/mol. The number of aryl methyl sites for hydroxylation is 1. The average Bonchev–Trinajstić information content (AvgIpc) is 2.68. The van der Waals surface area contributed by atoms with Crippen molar-refractivity contribution < 1.29 is 4.79 Å². The number of carbonyl (C=O) groups is 1. The summed E-state index contributed by atoms with van der Waals surface area (Å²) in [6.45, 7) is 5.62. The minimum absolute atomic E-state index is 0.0712. The van der Waals surface area contributed by atoms with E-state index in [0.717, 1.165) is 20.9 Å². The molecule has 1 heterocycles. The zero-order valence-corrected chi connectivity index (χ0v) is 12.2. The number of rotatable bonds is 3. The Labute approximate surface area is 115 Å². The number of thiazole rings is 1. The van der Waals surface area contributed by atoms with Crippen LogP contribution in [0.3, 0.4) is 0 Å². The van der Waals surface area contributed by atoms with Gasteiger partial charge in [0.15, 0.2) is 0 Å². The van der Waals surface area contributed by atoms with Gasteiger partial charge in [0.1, 0.15) is 0 Å². The van der Waals surface area contributed by atoms with Gasteiger partial charge in [0.05, 0.1) is 20.6 Å². The van der Waals surface area contributed by atoms with Crippen LogP contribution in [0.4, 0.5) is 5.69 Å². The molecular weight excluding hydrogens is 268 g/mol. The summed E-state index contributed by atoms with van der Waals surface area (Å²) >= 11 is 7.40. The number of hydrogen-bond acceptors (Lipinski definition) is 3. The van der Waals surface area contributed by atoms with Crippen LogP contribution in [0.15, 0.2) is 18.2 Å². The highest BCUT2D eigenvalue weighted by molar-refractivity contribution is 7.18. The molecule has 0 radical (unpaired) electrons. The van der Waals surface area contributed by atoms with Gasteiger partial charge in [-0.25, -0.2) is 4.98 Å². The fraction of sp³-hybridized carbons (Fsp3) is 0.385. The second-order valence-corrected chi connectivity index (χ2v) is 6.39. The Balaban J connectivity index is 2.24. The first-order valence-corrected chi connectivity index (χ1v) is 7.02. The number of nitrogens with one attached hydrogen (secondary N) is 1. The van der Waals surface area contributed by atoms with Crippen LogP contribution < -0.4 is 5.32 Å². The van der Waals surface area contributed by atoms with Crippen molar-refractivity contribution in [1.29, 1.82) is 0 Å². The van der Waals surface area contributed by atoms with Gasteiger partial charge in [-0.2, -0.15) is 0 Å². The number of carbonyl (C=O) groups excluding carboxylic acids is 1. The van der Waals surface area contributed by atoms with Crippen molar-refractivity contribution in [3.63, 3.8) is 0 Å². The average molecular weight is 283 g/mol. The zero-order chi connectivity index (χ0) is 13.3. The second-order valence-electron chi connectivity index (χ2n) is 4.89. The zero-order valence-electron chi connectivity index (χ0n) is 10.6. The van der Waals surface area contributed by atoms with Gasteiger partial charge in [-0.3, -0.25) is 4.79 Å². The molecule has 0 spiro atoms. The molecule has 0 saturated heterocycles. The third kappa shape index (κ3) is 2.65. The number of aromatic nitrogens is 1. The third-order valence-corrected chi connectivity index (χ3v) is 4.30. The van der Waals surface area contributed by atoms with E-state index in [0.29, 0.717) is 5.88 Å². The normalized spacial score (nSPS) is 11.8. The summed E-state index contributed by atoms with van der Waals surface area (Å²) in [6, 6.07) is 5.73. The molecule has 0 atom stereocenters. The van der Waals surface area contributed by atoms with E-state index >= 15 is 0 Å². The topological polar surface area (TPSA) is 42.0 Å². The lowest BCUT2D eigenvalue weighted by Crippen LogP contribution is -2.32. The molecule has 0 aliphatic rings. The Bertz CT molecular complexity index is 592. The van der Waals surface area contributed by atoms with Gasteiger partial charge in [-0.05, 0) is 39.0 Å². The lowest BCUT2D eigenvalue weighted by Gasteiger charge is -2.20. The molecule has 1 aromatic heterocycles. The Hall–Kier alpha value is -1.13. The molecule has 3 nitrogen and oxygen atoms in total. The van der Waals surface area contributed by atoms with Crippen LogP contribution >= 0.6 is 22.9 Å². The van der Waals surface area contributed by atoms with Crippen LogP contribution in [0.2, 0.25) is 0 Å². The summed E-state index contributed by atoms with van der Waals surface area (Å²) in [6.07, 6.45) is 0. The first-order chi connectivity index (χ1) is 8.42. The summed E-state index contributed by atoms with van der Waals surface area (Å²) in [4.78, 5) is 16.4. The molecule has 2 aromatic rings. The quantitative estimate of drug-likeness (QED) is 0.870. The van der Waals surface area contributed by atoms with Crippen molar-refractivity contribution in [2.75, 3.05) is 11.2 Å². The maximum atomic E-state index is 12.0. The Morgan fingerprint density at radius 3 is 2.89 bits per heavy atom. The molecule has 2 rings (SSSR count). The van der Waals surface area contributed by atoms with Crippen molar-refractivity contribution in [3.8, 4) is 0 Å². The van der Waals surface area contributed by atoms with Crippen molar-refractivity contribution in [2.24, 2.45) is 5.41 Å². The van der Waals surface area contributed by atoms with Crippen molar-refractivity contribution in [1.82, 2.24) is 4.98 Å². The molecule has 0 bridgehead atoms. The Morgan fingerprint density at radius 2 is 2.22 bits per heavy atom. The van der Waals surface area contributed by atoms with E-state index in [1.54, 1.807) is 11.3 Å². The number of amides is 1. The Kier molecular flexibility index (Phi) is 3.59. The van der Waals surface area contributed by atoms with Crippen LogP contribution in [0.25, 0.3) is 10.2 Å². The molecule has 1 amide bonds. The largest absolute Gasteiger partial charge is 0.326 e. The van der Waals surface area contributed by atoms with Crippen LogP contribution in [0.1, 0.15) is 18.9 Å². The molecular formula is C13H15ClN2OS. The van der Waals surface area contributed by atoms with Gasteiger partial charge < -0.3 is 5.32 Å². The predicted octanol–water partition coefficient (Wildman–Crippen LogP) is 3.81. The SMILES string of the molecule is Cc1nc2ccc(NC(=O)C(C)(C)CCl)cc2s1. The number of halogens is 1. The van der Waals surface area contributed by atoms with E-state index in [1.807, 2.05) is 39.0 Å². The maximum Gasteiger partial charge on any atom is 0.231 e. The minimum atomic E-state index is -0.569. The van der Waals surface area contributed by atoms with Gasteiger partial charge in [-0.1, -0.05) is 0 Å². The van der Waals surface area contributed by atoms with Gasteiger partial charge in [0.25, 0.3) is 0 Å². The monoisotopic (exact) mass is 282 g/mol. The van der Waals surface area contributed by atoms with Gasteiger partial charge >= 0.3 is 0 Å². The molecule has 96 valence electrons. The third-order valence-electron chi connectivity index (χ3n) is 2.70. The van der Waals surface area contributed by atoms with Crippen molar-refractivity contribution in [2.45, 2.75) is 20.8 Å². The number of alkyl halides is 1. The van der Waals surface area contributed by atoms with Gasteiger partial charge in [0, 0.05) is 11.6 Å². The van der Waals surface area contributed by atoms with E-state index in [4.69, 9.17) is 11.6 Å². The number of nitrogens with zero attached hydrogens (tertiary/aromatic N) is 1.